The fourth-order valence-corrected chi connectivity index (χ4v) is 2.51. The second-order valence-corrected chi connectivity index (χ2v) is 5.50. The number of aromatic nitrogens is 1. The van der Waals surface area contributed by atoms with Crippen LogP contribution in [0.15, 0.2) is 23.6 Å². The highest BCUT2D eigenvalue weighted by molar-refractivity contribution is 7.09. The van der Waals surface area contributed by atoms with Crippen molar-refractivity contribution in [2.75, 3.05) is 12.3 Å². The van der Waals surface area contributed by atoms with Crippen molar-refractivity contribution >= 4 is 22.9 Å². The summed E-state index contributed by atoms with van der Waals surface area (Å²) in [6.45, 7) is 4.45. The minimum absolute atomic E-state index is 0.0653. The molecular formula is C14H17N3OS. The van der Waals surface area contributed by atoms with E-state index in [1.54, 1.807) is 29.5 Å². The normalized spacial score (nSPS) is 10.4. The first kappa shape index (κ1) is 13.5. The molecule has 0 aliphatic heterocycles. The van der Waals surface area contributed by atoms with E-state index in [0.29, 0.717) is 17.8 Å². The van der Waals surface area contributed by atoms with Crippen LogP contribution in [0.2, 0.25) is 0 Å². The van der Waals surface area contributed by atoms with Gasteiger partial charge in [-0.15, -0.1) is 11.3 Å². The van der Waals surface area contributed by atoms with Crippen LogP contribution in [-0.2, 0) is 6.42 Å². The first-order valence-electron chi connectivity index (χ1n) is 6.11. The number of anilines is 1. The molecule has 0 spiro atoms. The van der Waals surface area contributed by atoms with Crippen LogP contribution in [0.25, 0.3) is 0 Å². The maximum atomic E-state index is 12.0. The van der Waals surface area contributed by atoms with E-state index in [2.05, 4.69) is 10.3 Å². The summed E-state index contributed by atoms with van der Waals surface area (Å²) in [6, 6.07) is 5.30. The third-order valence-electron chi connectivity index (χ3n) is 2.83. The molecule has 0 bridgehead atoms. The van der Waals surface area contributed by atoms with Crippen LogP contribution in [0.3, 0.4) is 0 Å². The summed E-state index contributed by atoms with van der Waals surface area (Å²) in [5.41, 5.74) is 8.93. The van der Waals surface area contributed by atoms with E-state index in [4.69, 9.17) is 5.73 Å². The van der Waals surface area contributed by atoms with Crippen molar-refractivity contribution in [1.82, 2.24) is 10.3 Å². The molecule has 19 heavy (non-hydrogen) atoms. The molecule has 1 heterocycles. The Kier molecular flexibility index (Phi) is 4.16. The average Bonchev–Trinajstić information content (AvgIpc) is 2.75. The van der Waals surface area contributed by atoms with E-state index in [9.17, 15) is 4.79 Å². The van der Waals surface area contributed by atoms with Gasteiger partial charge in [-0.05, 0) is 37.6 Å². The van der Waals surface area contributed by atoms with Crippen LogP contribution >= 0.6 is 11.3 Å². The lowest BCUT2D eigenvalue weighted by molar-refractivity contribution is 0.0953. The zero-order valence-corrected chi connectivity index (χ0v) is 11.9. The number of carbonyl (C=O) groups excluding carboxylic acids is 1. The lowest BCUT2D eigenvalue weighted by atomic mass is 10.1. The summed E-state index contributed by atoms with van der Waals surface area (Å²) in [5, 5.41) is 5.98. The Hall–Kier alpha value is -1.88. The van der Waals surface area contributed by atoms with Gasteiger partial charge in [-0.3, -0.25) is 4.79 Å². The minimum atomic E-state index is -0.0653. The number of nitrogens with one attached hydrogen (secondary N) is 1. The second-order valence-electron chi connectivity index (χ2n) is 4.44. The molecule has 1 aromatic heterocycles. The molecule has 0 radical (unpaired) electrons. The Morgan fingerprint density at radius 3 is 2.84 bits per heavy atom. The molecule has 0 aliphatic carbocycles. The number of hydrogen-bond acceptors (Lipinski definition) is 4. The summed E-state index contributed by atoms with van der Waals surface area (Å²) in [7, 11) is 0. The van der Waals surface area contributed by atoms with Gasteiger partial charge in [-0.2, -0.15) is 0 Å². The summed E-state index contributed by atoms with van der Waals surface area (Å²) in [6.07, 6.45) is 0.754. The van der Waals surface area contributed by atoms with Crippen LogP contribution in [0.4, 0.5) is 5.69 Å². The predicted molar refractivity (Wildman–Crippen MR) is 78.5 cm³/mol. The molecule has 0 fully saturated rings. The average molecular weight is 275 g/mol. The largest absolute Gasteiger partial charge is 0.399 e. The van der Waals surface area contributed by atoms with Gasteiger partial charge in [0.25, 0.3) is 5.91 Å². The molecule has 100 valence electrons. The molecule has 1 amide bonds. The van der Waals surface area contributed by atoms with E-state index < -0.39 is 0 Å². The molecular weight excluding hydrogens is 258 g/mol. The highest BCUT2D eigenvalue weighted by Crippen LogP contribution is 2.12. The van der Waals surface area contributed by atoms with Crippen molar-refractivity contribution in [1.29, 1.82) is 0 Å². The molecule has 2 aromatic rings. The minimum Gasteiger partial charge on any atom is -0.399 e. The predicted octanol–water partition coefficient (Wildman–Crippen LogP) is 2.31. The zero-order valence-electron chi connectivity index (χ0n) is 11.1. The summed E-state index contributed by atoms with van der Waals surface area (Å²) >= 11 is 1.63. The van der Waals surface area contributed by atoms with Crippen molar-refractivity contribution in [3.63, 3.8) is 0 Å². The number of nitrogens with zero attached hydrogens (tertiary/aromatic N) is 1. The smallest absolute Gasteiger partial charge is 0.251 e. The molecule has 4 nitrogen and oxygen atoms in total. The maximum Gasteiger partial charge on any atom is 0.251 e. The number of benzene rings is 1. The quantitative estimate of drug-likeness (QED) is 0.841. The summed E-state index contributed by atoms with van der Waals surface area (Å²) in [4.78, 5) is 16.4. The third-order valence-corrected chi connectivity index (χ3v) is 3.65. The molecule has 5 heteroatoms. The van der Waals surface area contributed by atoms with Crippen LogP contribution in [0.1, 0.15) is 26.6 Å². The highest BCUT2D eigenvalue weighted by atomic mass is 32.1. The van der Waals surface area contributed by atoms with Crippen molar-refractivity contribution < 1.29 is 4.79 Å². The lowest BCUT2D eigenvalue weighted by Gasteiger charge is -2.07. The fourth-order valence-electron chi connectivity index (χ4n) is 1.86. The van der Waals surface area contributed by atoms with E-state index >= 15 is 0 Å². The molecule has 0 saturated heterocycles. The topological polar surface area (TPSA) is 68.0 Å². The Morgan fingerprint density at radius 1 is 1.42 bits per heavy atom. The first-order chi connectivity index (χ1) is 9.06. The van der Waals surface area contributed by atoms with Crippen molar-refractivity contribution in [3.8, 4) is 0 Å². The highest BCUT2D eigenvalue weighted by Gasteiger charge is 2.08. The first-order valence-corrected chi connectivity index (χ1v) is 6.99. The van der Waals surface area contributed by atoms with Gasteiger partial charge in [0.05, 0.1) is 10.7 Å². The summed E-state index contributed by atoms with van der Waals surface area (Å²) < 4.78 is 0. The van der Waals surface area contributed by atoms with Gasteiger partial charge in [0.15, 0.2) is 0 Å². The monoisotopic (exact) mass is 275 g/mol. The number of aryl methyl sites for hydroxylation is 2. The Bertz CT molecular complexity index is 592. The van der Waals surface area contributed by atoms with Crippen molar-refractivity contribution in [3.05, 3.63) is 45.4 Å². The second kappa shape index (κ2) is 5.84. The van der Waals surface area contributed by atoms with Crippen molar-refractivity contribution in [2.45, 2.75) is 20.3 Å². The number of thiazole rings is 1. The van der Waals surface area contributed by atoms with Gasteiger partial charge in [0, 0.05) is 29.6 Å². The molecule has 1 aromatic carbocycles. The number of rotatable bonds is 4. The van der Waals surface area contributed by atoms with E-state index in [0.717, 1.165) is 22.7 Å². The molecule has 0 saturated carbocycles. The third kappa shape index (κ3) is 3.54. The van der Waals surface area contributed by atoms with E-state index in [1.807, 2.05) is 19.2 Å². The SMILES string of the molecule is Cc1nc(CCNC(=O)c2ccc(N)cc2C)cs1. The Balaban J connectivity index is 1.90. The maximum absolute atomic E-state index is 12.0. The van der Waals surface area contributed by atoms with Gasteiger partial charge in [0.2, 0.25) is 0 Å². The lowest BCUT2D eigenvalue weighted by Crippen LogP contribution is -2.26. The van der Waals surface area contributed by atoms with Crippen LogP contribution < -0.4 is 11.1 Å². The Labute approximate surface area is 116 Å². The molecule has 2 rings (SSSR count). The molecule has 0 aliphatic rings. The number of nitrogen functional groups attached to an aromatic ring is 1. The Morgan fingerprint density at radius 2 is 2.21 bits per heavy atom. The van der Waals surface area contributed by atoms with Gasteiger partial charge >= 0.3 is 0 Å². The number of amides is 1. The molecule has 0 atom stereocenters. The van der Waals surface area contributed by atoms with Gasteiger partial charge in [-0.1, -0.05) is 0 Å². The van der Waals surface area contributed by atoms with Gasteiger partial charge in [0.1, 0.15) is 0 Å². The zero-order chi connectivity index (χ0) is 13.8. The van der Waals surface area contributed by atoms with Gasteiger partial charge < -0.3 is 11.1 Å². The van der Waals surface area contributed by atoms with Crippen molar-refractivity contribution in [2.24, 2.45) is 0 Å². The number of carbonyl (C=O) groups is 1. The summed E-state index contributed by atoms with van der Waals surface area (Å²) in [5.74, 6) is -0.0653. The van der Waals surface area contributed by atoms with Crippen LogP contribution in [0, 0.1) is 13.8 Å². The van der Waals surface area contributed by atoms with Crippen LogP contribution in [0.5, 0.6) is 0 Å². The standard InChI is InChI=1S/C14H17N3OS/c1-9-7-11(15)3-4-13(9)14(18)16-6-5-12-8-19-10(2)17-12/h3-4,7-8H,5-6,15H2,1-2H3,(H,16,18). The van der Waals surface area contributed by atoms with E-state index in [-0.39, 0.29) is 5.91 Å². The van der Waals surface area contributed by atoms with Crippen LogP contribution in [-0.4, -0.2) is 17.4 Å². The number of nitrogens with two attached hydrogens (primary N) is 1. The molecule has 0 unspecified atom stereocenters. The fraction of sp³-hybridized carbons (Fsp3) is 0.286. The molecule has 3 N–H and O–H groups in total. The number of hydrogen-bond donors (Lipinski definition) is 2. The van der Waals surface area contributed by atoms with E-state index in [1.165, 1.54) is 0 Å². The van der Waals surface area contributed by atoms with Gasteiger partial charge in [-0.25, -0.2) is 4.98 Å².